The van der Waals surface area contributed by atoms with Gasteiger partial charge in [0.1, 0.15) is 0 Å². The van der Waals surface area contributed by atoms with E-state index in [-0.39, 0.29) is 41.2 Å². The third kappa shape index (κ3) is 20.8. The molecule has 0 aliphatic carbocycles. The minimum atomic E-state index is -0.821. The van der Waals surface area contributed by atoms with E-state index in [1.54, 1.807) is 13.8 Å². The van der Waals surface area contributed by atoms with E-state index in [1.165, 1.54) is 0 Å². The van der Waals surface area contributed by atoms with Gasteiger partial charge in [-0.15, -0.1) is 0 Å². The lowest BCUT2D eigenvalue weighted by atomic mass is 9.71. The Morgan fingerprint density at radius 2 is 1.41 bits per heavy atom. The molecule has 1 atom stereocenters. The fourth-order valence-corrected chi connectivity index (χ4v) is 7.46. The molecule has 1 unspecified atom stereocenters. The molecule has 51 heavy (non-hydrogen) atoms. The van der Waals surface area contributed by atoms with Crippen LogP contribution in [0.5, 0.6) is 0 Å². The molecule has 2 amide bonds. The van der Waals surface area contributed by atoms with Crippen LogP contribution in [0.15, 0.2) is 11.6 Å². The van der Waals surface area contributed by atoms with Crippen molar-refractivity contribution in [3.05, 3.63) is 11.6 Å². The summed E-state index contributed by atoms with van der Waals surface area (Å²) in [6.45, 7) is 39.3. The van der Waals surface area contributed by atoms with Crippen LogP contribution in [0.4, 0.5) is 0 Å². The number of allylic oxidation sites excluding steroid dienone is 1. The van der Waals surface area contributed by atoms with E-state index in [9.17, 15) is 19.5 Å². The fourth-order valence-electron chi connectivity index (χ4n) is 7.46. The molecular formula is C42H82N2O7. The van der Waals surface area contributed by atoms with Crippen molar-refractivity contribution in [1.29, 1.82) is 0 Å². The first-order chi connectivity index (χ1) is 23.1. The number of ether oxygens (including phenoxy) is 2. The summed E-state index contributed by atoms with van der Waals surface area (Å²) in [7, 11) is 0. The van der Waals surface area contributed by atoms with Crippen LogP contribution in [-0.2, 0) is 23.9 Å². The highest BCUT2D eigenvalue weighted by Crippen LogP contribution is 2.40. The van der Waals surface area contributed by atoms with E-state index in [0.717, 1.165) is 24.8 Å². The number of amides is 2. The predicted octanol–water partition coefficient (Wildman–Crippen LogP) is 9.16. The summed E-state index contributed by atoms with van der Waals surface area (Å²) >= 11 is 0. The lowest BCUT2D eigenvalue weighted by molar-refractivity contribution is -0.149. The smallest absolute Gasteiger partial charge is 0.306 e. The number of carbonyl (C=O) groups excluding carboxylic acids is 2. The van der Waals surface area contributed by atoms with Crippen molar-refractivity contribution in [3.63, 3.8) is 0 Å². The maximum Gasteiger partial charge on any atom is 0.306 e. The SMILES string of the molecule is CC.CC=C(C)C(O)CC(C)(C)CC(C)(C)C(=O)N(CCOC(C)C)C1CCN(C(=O)C(C)(C)CC(C)(C)C)CC1.CCOC(C)(C)CC(=O)O. The number of carbonyl (C=O) groups is 3. The van der Waals surface area contributed by atoms with E-state index in [0.29, 0.717) is 45.7 Å². The van der Waals surface area contributed by atoms with Gasteiger partial charge in [-0.05, 0) is 97.0 Å². The van der Waals surface area contributed by atoms with Crippen LogP contribution < -0.4 is 0 Å². The molecule has 0 saturated carbocycles. The Morgan fingerprint density at radius 3 is 1.82 bits per heavy atom. The number of rotatable bonds is 17. The summed E-state index contributed by atoms with van der Waals surface area (Å²) < 4.78 is 11.0. The second-order valence-corrected chi connectivity index (χ2v) is 18.3. The van der Waals surface area contributed by atoms with E-state index < -0.39 is 28.5 Å². The maximum atomic E-state index is 14.1. The minimum absolute atomic E-state index is 0.0564. The zero-order valence-electron chi connectivity index (χ0n) is 36.4. The zero-order valence-corrected chi connectivity index (χ0v) is 36.4. The Bertz CT molecular complexity index is 1060. The molecule has 2 N–H and O–H groups in total. The number of carboxylic acids is 1. The molecule has 0 aromatic carbocycles. The highest BCUT2D eigenvalue weighted by atomic mass is 16.5. The molecule has 1 fully saturated rings. The van der Waals surface area contributed by atoms with Crippen molar-refractivity contribution in [3.8, 4) is 0 Å². The Labute approximate surface area is 314 Å². The summed E-state index contributed by atoms with van der Waals surface area (Å²) in [5.74, 6) is -0.467. The number of likely N-dealkylation sites (tertiary alicyclic amines) is 1. The minimum Gasteiger partial charge on any atom is -0.481 e. The molecule has 0 spiro atoms. The second-order valence-electron chi connectivity index (χ2n) is 18.3. The molecule has 1 heterocycles. The number of piperidine rings is 1. The van der Waals surface area contributed by atoms with Gasteiger partial charge in [0.05, 0.1) is 30.8 Å². The monoisotopic (exact) mass is 727 g/mol. The molecule has 1 saturated heterocycles. The number of carboxylic acid groups (broad SMARTS) is 1. The Kier molecular flexibility index (Phi) is 22.4. The third-order valence-corrected chi connectivity index (χ3v) is 9.13. The largest absolute Gasteiger partial charge is 0.481 e. The van der Waals surface area contributed by atoms with Crippen LogP contribution in [0.25, 0.3) is 0 Å². The van der Waals surface area contributed by atoms with E-state index >= 15 is 0 Å². The number of hydrogen-bond acceptors (Lipinski definition) is 6. The van der Waals surface area contributed by atoms with E-state index in [1.807, 2.05) is 78.2 Å². The first-order valence-corrected chi connectivity index (χ1v) is 19.5. The second kappa shape index (κ2) is 22.3. The number of aliphatic hydroxyl groups is 1. The molecule has 9 heteroatoms. The van der Waals surface area contributed by atoms with Crippen molar-refractivity contribution >= 4 is 17.8 Å². The molecule has 1 aliphatic heterocycles. The normalized spacial score (nSPS) is 15.8. The van der Waals surface area contributed by atoms with E-state index in [4.69, 9.17) is 14.6 Å². The van der Waals surface area contributed by atoms with Gasteiger partial charge in [-0.2, -0.15) is 0 Å². The molecule has 1 aliphatic rings. The lowest BCUT2D eigenvalue weighted by Crippen LogP contribution is -2.54. The van der Waals surface area contributed by atoms with Crippen LogP contribution in [-0.4, -0.2) is 94.5 Å². The van der Waals surface area contributed by atoms with Crippen molar-refractivity contribution in [2.24, 2.45) is 21.7 Å². The van der Waals surface area contributed by atoms with Crippen LogP contribution >= 0.6 is 0 Å². The van der Waals surface area contributed by atoms with Crippen LogP contribution in [0.3, 0.4) is 0 Å². The van der Waals surface area contributed by atoms with Gasteiger partial charge in [-0.25, -0.2) is 0 Å². The third-order valence-electron chi connectivity index (χ3n) is 9.13. The van der Waals surface area contributed by atoms with Gasteiger partial charge in [0.25, 0.3) is 0 Å². The van der Waals surface area contributed by atoms with Gasteiger partial charge in [0, 0.05) is 43.1 Å². The fraction of sp³-hybridized carbons (Fsp3) is 0.881. The van der Waals surface area contributed by atoms with Crippen molar-refractivity contribution in [2.45, 2.75) is 187 Å². The Morgan fingerprint density at radius 1 is 0.902 bits per heavy atom. The van der Waals surface area contributed by atoms with Crippen molar-refractivity contribution in [2.75, 3.05) is 32.8 Å². The lowest BCUT2D eigenvalue weighted by Gasteiger charge is -2.45. The standard InChI is InChI=1S/C33H62N2O4.C7H14O3.C2H6/c1-14-25(4)27(36)21-31(8,9)23-33(12,13)29(38)35(19-20-39-24(2)3)26-15-17-34(18-16-26)28(37)32(10,11)22-30(5,6)7;1-4-10-7(2,3)5-6(8)9;1-2/h14,24,26-27,36H,15-23H2,1-13H3;4-5H2,1-3H3,(H,8,9);1-2H3. The topological polar surface area (TPSA) is 117 Å². The number of aliphatic hydroxyl groups excluding tert-OH is 1. The summed E-state index contributed by atoms with van der Waals surface area (Å²) in [5.41, 5.74) is -0.691. The van der Waals surface area contributed by atoms with Gasteiger partial charge in [0.2, 0.25) is 11.8 Å². The zero-order chi connectivity index (χ0) is 40.6. The number of aliphatic carboxylic acids is 1. The maximum absolute atomic E-state index is 14.1. The molecule has 9 nitrogen and oxygen atoms in total. The highest BCUT2D eigenvalue weighted by molar-refractivity contribution is 5.83. The molecule has 302 valence electrons. The Hall–Kier alpha value is -1.97. The summed E-state index contributed by atoms with van der Waals surface area (Å²) in [5, 5.41) is 19.0. The summed E-state index contributed by atoms with van der Waals surface area (Å²) in [4.78, 5) is 41.8. The molecule has 0 aromatic rings. The van der Waals surface area contributed by atoms with Gasteiger partial charge < -0.3 is 29.5 Å². The number of nitrogens with zero attached hydrogens (tertiary/aromatic N) is 2. The Balaban J connectivity index is 0. The van der Waals surface area contributed by atoms with Crippen LogP contribution in [0.1, 0.15) is 163 Å². The van der Waals surface area contributed by atoms with Gasteiger partial charge >= 0.3 is 5.97 Å². The van der Waals surface area contributed by atoms with E-state index in [2.05, 4.69) is 48.5 Å². The number of hydrogen-bond donors (Lipinski definition) is 2. The molecule has 0 radical (unpaired) electrons. The quantitative estimate of drug-likeness (QED) is 0.144. The highest BCUT2D eigenvalue weighted by Gasteiger charge is 2.42. The van der Waals surface area contributed by atoms with Gasteiger partial charge in [-0.3, -0.25) is 14.4 Å². The van der Waals surface area contributed by atoms with Crippen LogP contribution in [0.2, 0.25) is 0 Å². The van der Waals surface area contributed by atoms with Gasteiger partial charge in [0.15, 0.2) is 0 Å². The summed E-state index contributed by atoms with van der Waals surface area (Å²) in [6.07, 6.45) is 5.30. The van der Waals surface area contributed by atoms with Crippen molar-refractivity contribution in [1.82, 2.24) is 9.80 Å². The van der Waals surface area contributed by atoms with Gasteiger partial charge in [-0.1, -0.05) is 82.2 Å². The summed E-state index contributed by atoms with van der Waals surface area (Å²) in [6, 6.07) is 0.0845. The molecular weight excluding hydrogens is 644 g/mol. The van der Waals surface area contributed by atoms with Crippen molar-refractivity contribution < 1.29 is 34.1 Å². The van der Waals surface area contributed by atoms with Crippen LogP contribution in [0, 0.1) is 21.7 Å². The molecule has 0 bridgehead atoms. The molecule has 0 aromatic heterocycles. The predicted molar refractivity (Wildman–Crippen MR) is 212 cm³/mol. The molecule has 1 rings (SSSR count). The first kappa shape index (κ1) is 51.1. The average molecular weight is 727 g/mol. The average Bonchev–Trinajstić information content (AvgIpc) is 2.96. The first-order valence-electron chi connectivity index (χ1n) is 19.5.